The van der Waals surface area contributed by atoms with E-state index in [0.717, 1.165) is 18.1 Å². The first-order valence-corrected chi connectivity index (χ1v) is 8.16. The van der Waals surface area contributed by atoms with Gasteiger partial charge in [-0.05, 0) is 20.3 Å². The fourth-order valence-corrected chi connectivity index (χ4v) is 3.50. The highest BCUT2D eigenvalue weighted by Crippen LogP contribution is 2.29. The molecule has 6 nitrogen and oxygen atoms in total. The number of morpholine rings is 1. The molecule has 118 valence electrons. The van der Waals surface area contributed by atoms with Crippen molar-refractivity contribution in [2.24, 2.45) is 0 Å². The summed E-state index contributed by atoms with van der Waals surface area (Å²) < 4.78 is 5.66. The summed E-state index contributed by atoms with van der Waals surface area (Å²) >= 11 is 1.37. The van der Waals surface area contributed by atoms with Gasteiger partial charge in [-0.3, -0.25) is 4.79 Å². The van der Waals surface area contributed by atoms with Crippen LogP contribution in [0.4, 0.5) is 10.9 Å². The Morgan fingerprint density at radius 2 is 2.10 bits per heavy atom. The van der Waals surface area contributed by atoms with Crippen LogP contribution in [0.1, 0.15) is 36.9 Å². The van der Waals surface area contributed by atoms with Crippen LogP contribution in [-0.2, 0) is 4.74 Å². The van der Waals surface area contributed by atoms with Gasteiger partial charge < -0.3 is 20.3 Å². The SMILES string of the molecule is CCCN(C)c1nc(N)c(C(=O)N2C[C@@H](C)O[C@@H](C)C2)s1. The molecule has 0 aromatic carbocycles. The summed E-state index contributed by atoms with van der Waals surface area (Å²) in [6, 6.07) is 0. The van der Waals surface area contributed by atoms with Crippen LogP contribution in [0, 0.1) is 0 Å². The third-order valence-corrected chi connectivity index (χ3v) is 4.60. The molecular weight excluding hydrogens is 288 g/mol. The van der Waals surface area contributed by atoms with Crippen LogP contribution in [0.15, 0.2) is 0 Å². The van der Waals surface area contributed by atoms with Gasteiger partial charge in [-0.2, -0.15) is 0 Å². The van der Waals surface area contributed by atoms with E-state index in [0.29, 0.717) is 23.8 Å². The number of amides is 1. The Balaban J connectivity index is 2.15. The molecule has 1 aliphatic heterocycles. The minimum absolute atomic E-state index is 0.0388. The van der Waals surface area contributed by atoms with E-state index in [1.54, 1.807) is 0 Å². The number of rotatable bonds is 4. The Hall–Kier alpha value is -1.34. The zero-order chi connectivity index (χ0) is 15.6. The molecule has 2 atom stereocenters. The van der Waals surface area contributed by atoms with E-state index in [-0.39, 0.29) is 18.1 Å². The zero-order valence-electron chi connectivity index (χ0n) is 13.1. The monoisotopic (exact) mass is 312 g/mol. The Kier molecular flexibility index (Phi) is 5.05. The smallest absolute Gasteiger partial charge is 0.268 e. The second-order valence-corrected chi connectivity index (χ2v) is 6.58. The van der Waals surface area contributed by atoms with Crippen molar-refractivity contribution in [3.05, 3.63) is 4.88 Å². The number of anilines is 2. The maximum absolute atomic E-state index is 12.6. The van der Waals surface area contributed by atoms with E-state index in [1.165, 1.54) is 11.3 Å². The number of aromatic nitrogens is 1. The lowest BCUT2D eigenvalue weighted by atomic mass is 10.2. The fraction of sp³-hybridized carbons (Fsp3) is 0.714. The van der Waals surface area contributed by atoms with Crippen molar-refractivity contribution in [1.82, 2.24) is 9.88 Å². The maximum Gasteiger partial charge on any atom is 0.268 e. The van der Waals surface area contributed by atoms with Gasteiger partial charge in [0, 0.05) is 26.7 Å². The Labute approximate surface area is 129 Å². The maximum atomic E-state index is 12.6. The second kappa shape index (κ2) is 6.62. The third kappa shape index (κ3) is 3.65. The van der Waals surface area contributed by atoms with Gasteiger partial charge in [-0.1, -0.05) is 18.3 Å². The summed E-state index contributed by atoms with van der Waals surface area (Å²) in [6.45, 7) is 8.16. The molecule has 1 amide bonds. The molecule has 0 aliphatic carbocycles. The van der Waals surface area contributed by atoms with Crippen molar-refractivity contribution in [1.29, 1.82) is 0 Å². The first-order chi connectivity index (χ1) is 9.92. The molecule has 0 radical (unpaired) electrons. The van der Waals surface area contributed by atoms with Crippen LogP contribution in [0.25, 0.3) is 0 Å². The topological polar surface area (TPSA) is 71.7 Å². The average molecular weight is 312 g/mol. The molecule has 7 heteroatoms. The Bertz CT molecular complexity index is 495. The molecule has 21 heavy (non-hydrogen) atoms. The standard InChI is InChI=1S/C14H24N4O2S/c1-5-6-17(4)14-16-12(15)11(21-14)13(19)18-7-9(2)20-10(3)8-18/h9-10H,5-8,15H2,1-4H3/t9-,10+. The Morgan fingerprint density at radius 3 is 2.67 bits per heavy atom. The summed E-state index contributed by atoms with van der Waals surface area (Å²) in [5.41, 5.74) is 5.95. The first-order valence-electron chi connectivity index (χ1n) is 7.34. The summed E-state index contributed by atoms with van der Waals surface area (Å²) in [4.78, 5) is 21.4. The van der Waals surface area contributed by atoms with E-state index >= 15 is 0 Å². The second-order valence-electron chi connectivity index (χ2n) is 5.60. The minimum atomic E-state index is -0.0388. The number of nitrogens with zero attached hydrogens (tertiary/aromatic N) is 3. The molecule has 0 unspecified atom stereocenters. The molecule has 2 rings (SSSR count). The normalized spacial score (nSPS) is 22.4. The van der Waals surface area contributed by atoms with Gasteiger partial charge in [-0.25, -0.2) is 4.98 Å². The predicted octanol–water partition coefficient (Wildman–Crippen LogP) is 1.82. The molecule has 0 bridgehead atoms. The average Bonchev–Trinajstić information content (AvgIpc) is 2.79. The number of ether oxygens (including phenoxy) is 1. The number of nitrogen functional groups attached to an aromatic ring is 1. The van der Waals surface area contributed by atoms with Gasteiger partial charge >= 0.3 is 0 Å². The lowest BCUT2D eigenvalue weighted by Gasteiger charge is -2.35. The third-order valence-electron chi connectivity index (χ3n) is 3.43. The number of nitrogens with two attached hydrogens (primary N) is 1. The van der Waals surface area contributed by atoms with Crippen LogP contribution < -0.4 is 10.6 Å². The number of thiazole rings is 1. The predicted molar refractivity (Wildman–Crippen MR) is 86.0 cm³/mol. The van der Waals surface area contributed by atoms with Gasteiger partial charge in [-0.15, -0.1) is 0 Å². The van der Waals surface area contributed by atoms with Crippen molar-refractivity contribution >= 4 is 28.2 Å². The largest absolute Gasteiger partial charge is 0.382 e. The van der Waals surface area contributed by atoms with Crippen LogP contribution in [0.2, 0.25) is 0 Å². The van der Waals surface area contributed by atoms with Crippen LogP contribution in [-0.4, -0.2) is 54.7 Å². The molecule has 0 saturated carbocycles. The van der Waals surface area contributed by atoms with Crippen molar-refractivity contribution in [3.63, 3.8) is 0 Å². The minimum Gasteiger partial charge on any atom is -0.382 e. The number of hydrogen-bond donors (Lipinski definition) is 1. The van der Waals surface area contributed by atoms with Crippen molar-refractivity contribution in [2.45, 2.75) is 39.4 Å². The molecular formula is C14H24N4O2S. The van der Waals surface area contributed by atoms with Gasteiger partial charge in [0.1, 0.15) is 10.7 Å². The Morgan fingerprint density at radius 1 is 1.48 bits per heavy atom. The van der Waals surface area contributed by atoms with E-state index < -0.39 is 0 Å². The molecule has 1 fully saturated rings. The van der Waals surface area contributed by atoms with Gasteiger partial charge in [0.25, 0.3) is 5.91 Å². The number of carbonyl (C=O) groups is 1. The zero-order valence-corrected chi connectivity index (χ0v) is 13.9. The molecule has 1 aromatic heterocycles. The summed E-state index contributed by atoms with van der Waals surface area (Å²) in [6.07, 6.45) is 1.13. The lowest BCUT2D eigenvalue weighted by Crippen LogP contribution is -2.48. The fourth-order valence-electron chi connectivity index (χ4n) is 2.56. The molecule has 1 saturated heterocycles. The number of carbonyl (C=O) groups excluding carboxylic acids is 1. The highest BCUT2D eigenvalue weighted by Gasteiger charge is 2.29. The number of hydrogen-bond acceptors (Lipinski definition) is 6. The van der Waals surface area contributed by atoms with Crippen molar-refractivity contribution in [3.8, 4) is 0 Å². The van der Waals surface area contributed by atoms with E-state index in [1.807, 2.05) is 30.7 Å². The highest BCUT2D eigenvalue weighted by molar-refractivity contribution is 7.18. The molecule has 1 aromatic rings. The van der Waals surface area contributed by atoms with Crippen molar-refractivity contribution in [2.75, 3.05) is 37.3 Å². The van der Waals surface area contributed by atoms with E-state index in [2.05, 4.69) is 11.9 Å². The van der Waals surface area contributed by atoms with Crippen LogP contribution in [0.5, 0.6) is 0 Å². The molecule has 1 aliphatic rings. The molecule has 2 heterocycles. The van der Waals surface area contributed by atoms with Crippen LogP contribution >= 0.6 is 11.3 Å². The quantitative estimate of drug-likeness (QED) is 0.918. The summed E-state index contributed by atoms with van der Waals surface area (Å²) in [7, 11) is 1.97. The summed E-state index contributed by atoms with van der Waals surface area (Å²) in [5, 5.41) is 0.798. The van der Waals surface area contributed by atoms with E-state index in [4.69, 9.17) is 10.5 Å². The van der Waals surface area contributed by atoms with Crippen LogP contribution in [0.3, 0.4) is 0 Å². The van der Waals surface area contributed by atoms with Gasteiger partial charge in [0.05, 0.1) is 12.2 Å². The first kappa shape index (κ1) is 16.0. The van der Waals surface area contributed by atoms with Crippen molar-refractivity contribution < 1.29 is 9.53 Å². The summed E-state index contributed by atoms with van der Waals surface area (Å²) in [5.74, 6) is 0.290. The molecule has 2 N–H and O–H groups in total. The molecule has 0 spiro atoms. The van der Waals surface area contributed by atoms with E-state index in [9.17, 15) is 4.79 Å². The highest BCUT2D eigenvalue weighted by atomic mass is 32.1. The van der Waals surface area contributed by atoms with Gasteiger partial charge in [0.15, 0.2) is 5.13 Å². The van der Waals surface area contributed by atoms with Gasteiger partial charge in [0.2, 0.25) is 0 Å². The lowest BCUT2D eigenvalue weighted by molar-refractivity contribution is -0.0584.